The van der Waals surface area contributed by atoms with Gasteiger partial charge >= 0.3 is 0 Å². The highest BCUT2D eigenvalue weighted by Gasteiger charge is 2.40. The molecule has 122 valence electrons. The van der Waals surface area contributed by atoms with Crippen molar-refractivity contribution in [1.82, 2.24) is 4.31 Å². The number of fused-ring (bicyclic) bond motifs is 1. The van der Waals surface area contributed by atoms with Gasteiger partial charge in [0, 0.05) is 17.1 Å². The predicted molar refractivity (Wildman–Crippen MR) is 89.6 cm³/mol. The normalized spacial score (nSPS) is 26.5. The molecule has 1 heterocycles. The van der Waals surface area contributed by atoms with Crippen molar-refractivity contribution in [2.24, 2.45) is 5.92 Å². The zero-order chi connectivity index (χ0) is 15.7. The summed E-state index contributed by atoms with van der Waals surface area (Å²) >= 11 is 3.37. The molecule has 0 N–H and O–H groups in total. The van der Waals surface area contributed by atoms with Crippen LogP contribution in [-0.4, -0.2) is 32.4 Å². The summed E-state index contributed by atoms with van der Waals surface area (Å²) in [5, 5.41) is 0. The Labute approximate surface area is 141 Å². The fourth-order valence-corrected chi connectivity index (χ4v) is 6.31. The first-order valence-corrected chi connectivity index (χ1v) is 10.1. The van der Waals surface area contributed by atoms with Crippen molar-refractivity contribution >= 4 is 26.0 Å². The van der Waals surface area contributed by atoms with Crippen LogP contribution in [0.15, 0.2) is 27.6 Å². The van der Waals surface area contributed by atoms with Crippen LogP contribution in [0.1, 0.15) is 38.5 Å². The SMILES string of the molecule is COc1ccc(Br)cc1S(=O)(=O)N1CCC[C@@H]2CCCC[C@@H]21. The summed E-state index contributed by atoms with van der Waals surface area (Å²) in [5.74, 6) is 0.941. The van der Waals surface area contributed by atoms with Crippen LogP contribution in [-0.2, 0) is 10.0 Å². The number of hydrogen-bond donors (Lipinski definition) is 0. The van der Waals surface area contributed by atoms with Crippen molar-refractivity contribution in [3.05, 3.63) is 22.7 Å². The van der Waals surface area contributed by atoms with Crippen LogP contribution in [0.25, 0.3) is 0 Å². The minimum atomic E-state index is -3.52. The van der Waals surface area contributed by atoms with Gasteiger partial charge in [0.25, 0.3) is 0 Å². The van der Waals surface area contributed by atoms with E-state index >= 15 is 0 Å². The Morgan fingerprint density at radius 2 is 1.91 bits per heavy atom. The van der Waals surface area contributed by atoms with Gasteiger partial charge < -0.3 is 4.74 Å². The van der Waals surface area contributed by atoms with Gasteiger partial charge in [-0.2, -0.15) is 4.31 Å². The zero-order valence-corrected chi connectivity index (χ0v) is 15.2. The number of piperidine rings is 1. The second kappa shape index (κ2) is 6.49. The third-order valence-corrected chi connectivity index (χ3v) is 7.34. The van der Waals surface area contributed by atoms with Gasteiger partial charge in [-0.05, 0) is 49.8 Å². The minimum Gasteiger partial charge on any atom is -0.495 e. The second-order valence-corrected chi connectivity index (χ2v) is 8.94. The second-order valence-electron chi connectivity index (χ2n) is 6.17. The Morgan fingerprint density at radius 1 is 1.18 bits per heavy atom. The number of ether oxygens (including phenoxy) is 1. The van der Waals surface area contributed by atoms with Crippen LogP contribution in [0.4, 0.5) is 0 Å². The summed E-state index contributed by atoms with van der Waals surface area (Å²) in [6, 6.07) is 5.33. The summed E-state index contributed by atoms with van der Waals surface area (Å²) in [4.78, 5) is 0.274. The molecule has 0 bridgehead atoms. The van der Waals surface area contributed by atoms with E-state index in [0.29, 0.717) is 18.2 Å². The summed E-state index contributed by atoms with van der Waals surface area (Å²) in [6.07, 6.45) is 6.62. The Bertz CT molecular complexity index is 645. The molecular formula is C16H22BrNO3S. The number of halogens is 1. The van der Waals surface area contributed by atoms with Crippen molar-refractivity contribution in [2.45, 2.75) is 49.5 Å². The maximum absolute atomic E-state index is 13.2. The third kappa shape index (κ3) is 2.93. The summed E-state index contributed by atoms with van der Waals surface area (Å²) in [7, 11) is -2.00. The lowest BCUT2D eigenvalue weighted by Gasteiger charge is -2.43. The number of hydrogen-bond acceptors (Lipinski definition) is 3. The molecule has 4 nitrogen and oxygen atoms in total. The fraction of sp³-hybridized carbons (Fsp3) is 0.625. The van der Waals surface area contributed by atoms with Gasteiger partial charge in [-0.3, -0.25) is 0 Å². The van der Waals surface area contributed by atoms with E-state index in [4.69, 9.17) is 4.74 Å². The van der Waals surface area contributed by atoms with E-state index in [1.54, 1.807) is 22.5 Å². The first-order chi connectivity index (χ1) is 10.5. The molecule has 22 heavy (non-hydrogen) atoms. The number of nitrogens with zero attached hydrogens (tertiary/aromatic N) is 1. The van der Waals surface area contributed by atoms with Gasteiger partial charge in [-0.1, -0.05) is 28.8 Å². The lowest BCUT2D eigenvalue weighted by molar-refractivity contribution is 0.129. The average molecular weight is 388 g/mol. The van der Waals surface area contributed by atoms with Gasteiger partial charge in [-0.25, -0.2) is 8.42 Å². The average Bonchev–Trinajstić information content (AvgIpc) is 2.54. The number of methoxy groups -OCH3 is 1. The van der Waals surface area contributed by atoms with Gasteiger partial charge in [0.2, 0.25) is 10.0 Å². The maximum atomic E-state index is 13.2. The van der Waals surface area contributed by atoms with E-state index in [0.717, 1.165) is 36.6 Å². The number of rotatable bonds is 3. The van der Waals surface area contributed by atoms with Crippen molar-refractivity contribution < 1.29 is 13.2 Å². The lowest BCUT2D eigenvalue weighted by Crippen LogP contribution is -2.49. The molecule has 1 saturated carbocycles. The van der Waals surface area contributed by atoms with E-state index in [-0.39, 0.29) is 10.9 Å². The number of benzene rings is 1. The van der Waals surface area contributed by atoms with Gasteiger partial charge in [0.1, 0.15) is 10.6 Å². The van der Waals surface area contributed by atoms with Crippen molar-refractivity contribution in [1.29, 1.82) is 0 Å². The highest BCUT2D eigenvalue weighted by atomic mass is 79.9. The molecule has 6 heteroatoms. The molecule has 0 amide bonds. The molecule has 1 aromatic carbocycles. The monoisotopic (exact) mass is 387 g/mol. The van der Waals surface area contributed by atoms with Crippen LogP contribution in [0, 0.1) is 5.92 Å². The van der Waals surface area contributed by atoms with Gasteiger partial charge in [-0.15, -0.1) is 0 Å². The van der Waals surface area contributed by atoms with Crippen LogP contribution in [0.3, 0.4) is 0 Å². The molecule has 1 saturated heterocycles. The van der Waals surface area contributed by atoms with E-state index in [9.17, 15) is 8.42 Å². The Morgan fingerprint density at radius 3 is 2.68 bits per heavy atom. The predicted octanol–water partition coefficient (Wildman–Crippen LogP) is 3.80. The molecule has 3 rings (SSSR count). The Hall–Kier alpha value is -0.590. The molecular weight excluding hydrogens is 366 g/mol. The molecule has 0 unspecified atom stereocenters. The first-order valence-electron chi connectivity index (χ1n) is 7.89. The maximum Gasteiger partial charge on any atom is 0.247 e. The molecule has 0 radical (unpaired) electrons. The molecule has 0 aromatic heterocycles. The van der Waals surface area contributed by atoms with Crippen molar-refractivity contribution in [3.63, 3.8) is 0 Å². The lowest BCUT2D eigenvalue weighted by atomic mass is 9.79. The summed E-state index contributed by atoms with van der Waals surface area (Å²) in [6.45, 7) is 0.624. The zero-order valence-electron chi connectivity index (χ0n) is 12.8. The summed E-state index contributed by atoms with van der Waals surface area (Å²) < 4.78 is 34.2. The Balaban J connectivity index is 2.00. The highest BCUT2D eigenvalue weighted by Crippen LogP contribution is 2.39. The molecule has 0 spiro atoms. The molecule has 2 atom stereocenters. The van der Waals surface area contributed by atoms with Crippen molar-refractivity contribution in [3.8, 4) is 5.75 Å². The summed E-state index contributed by atoms with van der Waals surface area (Å²) in [5.41, 5.74) is 0. The smallest absolute Gasteiger partial charge is 0.247 e. The van der Waals surface area contributed by atoms with Crippen molar-refractivity contribution in [2.75, 3.05) is 13.7 Å². The third-order valence-electron chi connectivity index (χ3n) is 4.90. The van der Waals surface area contributed by atoms with Gasteiger partial charge in [0.15, 0.2) is 0 Å². The van der Waals surface area contributed by atoms with E-state index < -0.39 is 10.0 Å². The standard InChI is InChI=1S/C16H22BrNO3S/c1-21-15-9-8-13(17)11-16(15)22(19,20)18-10-4-6-12-5-2-3-7-14(12)18/h8-9,11-12,14H,2-7,10H2,1H3/t12-,14-/m0/s1. The quantitative estimate of drug-likeness (QED) is 0.791. The topological polar surface area (TPSA) is 46.6 Å². The van der Waals surface area contributed by atoms with Crippen LogP contribution in [0.5, 0.6) is 5.75 Å². The fourth-order valence-electron chi connectivity index (χ4n) is 3.86. The molecule has 2 fully saturated rings. The molecule has 2 aliphatic rings. The largest absolute Gasteiger partial charge is 0.495 e. The molecule has 1 aromatic rings. The first kappa shape index (κ1) is 16.3. The number of sulfonamides is 1. The van der Waals surface area contributed by atoms with Crippen LogP contribution in [0.2, 0.25) is 0 Å². The molecule has 1 aliphatic carbocycles. The van der Waals surface area contributed by atoms with E-state index in [1.165, 1.54) is 13.5 Å². The van der Waals surface area contributed by atoms with Crippen LogP contribution < -0.4 is 4.74 Å². The van der Waals surface area contributed by atoms with E-state index in [2.05, 4.69) is 15.9 Å². The highest BCUT2D eigenvalue weighted by molar-refractivity contribution is 9.10. The van der Waals surface area contributed by atoms with E-state index in [1.807, 2.05) is 0 Å². The van der Waals surface area contributed by atoms with Gasteiger partial charge in [0.05, 0.1) is 7.11 Å². The van der Waals surface area contributed by atoms with Crippen LogP contribution >= 0.6 is 15.9 Å². The Kier molecular flexibility index (Phi) is 4.80. The molecule has 1 aliphatic heterocycles. The minimum absolute atomic E-state index is 0.163.